The van der Waals surface area contributed by atoms with Gasteiger partial charge in [-0.05, 0) is 30.3 Å². The van der Waals surface area contributed by atoms with E-state index in [1.165, 1.54) is 52.3 Å². The Kier molecular flexibility index (Phi) is 8.18. The maximum Gasteiger partial charge on any atom is 0.390 e. The molecule has 40 heavy (non-hydrogen) atoms. The highest BCUT2D eigenvalue weighted by molar-refractivity contribution is 7.90. The molecule has 1 aliphatic heterocycles. The van der Waals surface area contributed by atoms with Crippen molar-refractivity contribution in [2.45, 2.75) is 12.6 Å². The van der Waals surface area contributed by atoms with Crippen LogP contribution >= 0.6 is 0 Å². The highest BCUT2D eigenvalue weighted by Crippen LogP contribution is 2.26. The Labute approximate surface area is 225 Å². The zero-order valence-electron chi connectivity index (χ0n) is 20.6. The average molecular weight is 583 g/mol. The molecule has 0 bridgehead atoms. The maximum atomic E-state index is 14.7. The highest BCUT2D eigenvalue weighted by atomic mass is 32.2. The molecule has 0 unspecified atom stereocenters. The van der Waals surface area contributed by atoms with Gasteiger partial charge in [-0.1, -0.05) is 6.07 Å². The van der Waals surface area contributed by atoms with Crippen LogP contribution in [-0.4, -0.2) is 83.5 Å². The van der Waals surface area contributed by atoms with Crippen LogP contribution in [0.4, 0.5) is 23.4 Å². The number of sulfonamides is 1. The monoisotopic (exact) mass is 582 g/mol. The van der Waals surface area contributed by atoms with Crippen LogP contribution in [0, 0.1) is 5.82 Å². The van der Waals surface area contributed by atoms with Crippen LogP contribution in [0.3, 0.4) is 0 Å². The lowest BCUT2D eigenvalue weighted by Gasteiger charge is -2.35. The minimum absolute atomic E-state index is 0.120. The van der Waals surface area contributed by atoms with Gasteiger partial charge < -0.3 is 14.9 Å². The lowest BCUT2D eigenvalue weighted by Crippen LogP contribution is -2.49. The van der Waals surface area contributed by atoms with Gasteiger partial charge in [0.1, 0.15) is 11.6 Å². The van der Waals surface area contributed by atoms with Gasteiger partial charge in [0.2, 0.25) is 10.0 Å². The van der Waals surface area contributed by atoms with Crippen molar-refractivity contribution >= 4 is 27.7 Å². The zero-order valence-corrected chi connectivity index (χ0v) is 21.4. The summed E-state index contributed by atoms with van der Waals surface area (Å²) in [5.41, 5.74) is 0.278. The predicted molar refractivity (Wildman–Crippen MR) is 133 cm³/mol. The van der Waals surface area contributed by atoms with Crippen LogP contribution in [-0.2, 0) is 10.0 Å². The second kappa shape index (κ2) is 11.4. The number of pyridine rings is 1. The molecule has 1 aromatic carbocycles. The van der Waals surface area contributed by atoms with Crippen LogP contribution in [0.25, 0.3) is 11.1 Å². The molecule has 0 aliphatic carbocycles. The summed E-state index contributed by atoms with van der Waals surface area (Å²) in [5.74, 6) is -3.34. The lowest BCUT2D eigenvalue weighted by atomic mass is 10.0. The molecule has 4 rings (SSSR count). The van der Waals surface area contributed by atoms with Crippen molar-refractivity contribution < 1.29 is 40.7 Å². The van der Waals surface area contributed by atoms with Gasteiger partial charge in [0.15, 0.2) is 11.5 Å². The minimum atomic E-state index is -4.69. The first-order valence-corrected chi connectivity index (χ1v) is 13.4. The Hall–Kier alpha value is -4.34. The van der Waals surface area contributed by atoms with E-state index < -0.39 is 45.8 Å². The largest absolute Gasteiger partial charge is 0.506 e. The predicted octanol–water partition coefficient (Wildman–Crippen LogP) is 2.36. The van der Waals surface area contributed by atoms with E-state index in [9.17, 15) is 40.7 Å². The molecule has 2 aromatic heterocycles. The molecule has 3 aromatic rings. The number of halogens is 4. The third kappa shape index (κ3) is 7.19. The van der Waals surface area contributed by atoms with E-state index in [2.05, 4.69) is 15.2 Å². The number of aromatic nitrogens is 3. The van der Waals surface area contributed by atoms with E-state index in [0.717, 1.165) is 6.07 Å². The molecular weight excluding hydrogens is 560 g/mol. The van der Waals surface area contributed by atoms with Crippen LogP contribution in [0.1, 0.15) is 27.3 Å². The van der Waals surface area contributed by atoms with Gasteiger partial charge in [-0.15, -0.1) is 10.2 Å². The molecule has 2 N–H and O–H groups in total. The van der Waals surface area contributed by atoms with Crippen LogP contribution in [0.2, 0.25) is 0 Å². The molecular formula is C24H22F4N6O5S. The topological polar surface area (TPSA) is 146 Å². The Balaban J connectivity index is 1.33. The Morgan fingerprint density at radius 1 is 1.00 bits per heavy atom. The Morgan fingerprint density at radius 3 is 2.33 bits per heavy atom. The number of hydrogen-bond donors (Lipinski definition) is 2. The molecule has 1 fully saturated rings. The number of carbonyl (C=O) groups excluding carboxylic acids is 2. The molecule has 3 heterocycles. The first-order chi connectivity index (χ1) is 18.8. The van der Waals surface area contributed by atoms with E-state index in [0.29, 0.717) is 24.5 Å². The third-order valence-electron chi connectivity index (χ3n) is 5.93. The average Bonchev–Trinajstić information content (AvgIpc) is 2.91. The standard InChI is InChI=1S/C24H22F4N6O5S/c25-19-12-15(1-2-18(19)16-11-17(35)14-29-13-16)23(37)34-8-6-33(7-9-34)21-4-3-20(30-31-21)22(36)32-40(38,39)10-5-24(26,27)28/h1-4,11-14,35H,5-10H2,(H,32,36). The van der Waals surface area contributed by atoms with Gasteiger partial charge in [-0.3, -0.25) is 14.6 Å². The van der Waals surface area contributed by atoms with Crippen molar-refractivity contribution in [3.63, 3.8) is 0 Å². The summed E-state index contributed by atoms with van der Waals surface area (Å²) < 4.78 is 76.5. The number of piperazine rings is 1. The number of aromatic hydroxyl groups is 1. The van der Waals surface area contributed by atoms with Crippen molar-refractivity contribution in [3.8, 4) is 16.9 Å². The summed E-state index contributed by atoms with van der Waals surface area (Å²) >= 11 is 0. The minimum Gasteiger partial charge on any atom is -0.506 e. The van der Waals surface area contributed by atoms with Gasteiger partial charge in [0, 0.05) is 49.1 Å². The number of nitrogens with one attached hydrogen (secondary N) is 1. The number of nitrogens with zero attached hydrogens (tertiary/aromatic N) is 5. The van der Waals surface area contributed by atoms with Crippen LogP contribution in [0.15, 0.2) is 48.8 Å². The van der Waals surface area contributed by atoms with Gasteiger partial charge in [0.05, 0.1) is 18.4 Å². The zero-order chi connectivity index (χ0) is 29.1. The SMILES string of the molecule is O=C(NS(=O)(=O)CCC(F)(F)F)c1ccc(N2CCN(C(=O)c3ccc(-c4cncc(O)c4)c(F)c3)CC2)nn1. The molecule has 0 spiro atoms. The fourth-order valence-corrected chi connectivity index (χ4v) is 4.88. The Morgan fingerprint density at radius 2 is 1.73 bits per heavy atom. The van der Waals surface area contributed by atoms with Gasteiger partial charge >= 0.3 is 6.18 Å². The summed E-state index contributed by atoms with van der Waals surface area (Å²) in [5, 5.41) is 17.1. The van der Waals surface area contributed by atoms with Crippen molar-refractivity contribution in [2.24, 2.45) is 0 Å². The number of amides is 2. The molecule has 1 saturated heterocycles. The lowest BCUT2D eigenvalue weighted by molar-refractivity contribution is -0.130. The number of rotatable bonds is 7. The smallest absolute Gasteiger partial charge is 0.390 e. The maximum absolute atomic E-state index is 14.7. The van der Waals surface area contributed by atoms with Crippen molar-refractivity contribution in [3.05, 3.63) is 65.9 Å². The van der Waals surface area contributed by atoms with E-state index in [1.54, 1.807) is 4.90 Å². The van der Waals surface area contributed by atoms with E-state index in [-0.39, 0.29) is 35.9 Å². The van der Waals surface area contributed by atoms with Crippen molar-refractivity contribution in [1.29, 1.82) is 0 Å². The highest BCUT2D eigenvalue weighted by Gasteiger charge is 2.31. The number of benzene rings is 1. The van der Waals surface area contributed by atoms with Gasteiger partial charge in [-0.25, -0.2) is 17.5 Å². The summed E-state index contributed by atoms with van der Waals surface area (Å²) in [6, 6.07) is 7.97. The van der Waals surface area contributed by atoms with Crippen molar-refractivity contribution in [1.82, 2.24) is 24.8 Å². The Bertz CT molecular complexity index is 1510. The molecule has 1 aliphatic rings. The van der Waals surface area contributed by atoms with Gasteiger partial charge in [0.25, 0.3) is 11.8 Å². The summed E-state index contributed by atoms with van der Waals surface area (Å²) in [4.78, 5) is 32.1. The van der Waals surface area contributed by atoms with Crippen molar-refractivity contribution in [2.75, 3.05) is 36.8 Å². The molecule has 0 atom stereocenters. The molecule has 212 valence electrons. The summed E-state index contributed by atoms with van der Waals surface area (Å²) in [6.07, 6.45) is -3.69. The third-order valence-corrected chi connectivity index (χ3v) is 7.17. The van der Waals surface area contributed by atoms with E-state index in [4.69, 9.17) is 0 Å². The molecule has 11 nitrogen and oxygen atoms in total. The normalized spacial score (nSPS) is 14.2. The first kappa shape index (κ1) is 28.7. The van der Waals surface area contributed by atoms with Crippen LogP contribution in [0.5, 0.6) is 5.75 Å². The summed E-state index contributed by atoms with van der Waals surface area (Å²) in [6.45, 7) is 1.18. The molecule has 16 heteroatoms. The second-order valence-corrected chi connectivity index (χ2v) is 10.6. The van der Waals surface area contributed by atoms with E-state index >= 15 is 0 Å². The van der Waals surface area contributed by atoms with Gasteiger partial charge in [-0.2, -0.15) is 13.2 Å². The second-order valence-electron chi connectivity index (χ2n) is 8.80. The number of alkyl halides is 3. The molecule has 2 amide bonds. The fraction of sp³-hybridized carbons (Fsp3) is 0.292. The van der Waals surface area contributed by atoms with Crippen LogP contribution < -0.4 is 9.62 Å². The number of anilines is 1. The fourth-order valence-electron chi connectivity index (χ4n) is 3.89. The number of hydrogen-bond acceptors (Lipinski definition) is 9. The molecule has 0 radical (unpaired) electrons. The number of carbonyl (C=O) groups is 2. The quantitative estimate of drug-likeness (QED) is 0.401. The molecule has 0 saturated carbocycles. The first-order valence-electron chi connectivity index (χ1n) is 11.7. The summed E-state index contributed by atoms with van der Waals surface area (Å²) in [7, 11) is -4.52. The van der Waals surface area contributed by atoms with E-state index in [1.807, 2.05) is 0 Å².